The van der Waals surface area contributed by atoms with Crippen LogP contribution in [0, 0.1) is 5.92 Å². The van der Waals surface area contributed by atoms with Crippen molar-refractivity contribution in [1.82, 2.24) is 4.81 Å². The summed E-state index contributed by atoms with van der Waals surface area (Å²) in [4.78, 5) is 2.35. The molecule has 1 aliphatic rings. The third-order valence-electron chi connectivity index (χ3n) is 2.59. The van der Waals surface area contributed by atoms with Gasteiger partial charge in [-0.25, -0.2) is 0 Å². The molecular formula is C8H19BN2O. The minimum atomic E-state index is 0.787. The maximum Gasteiger partial charge on any atom is 0.363 e. The Hall–Kier alpha value is -0.0551. The fourth-order valence-corrected chi connectivity index (χ4v) is 1.82. The average molecular weight is 170 g/mol. The van der Waals surface area contributed by atoms with Gasteiger partial charge in [-0.2, -0.15) is 0 Å². The summed E-state index contributed by atoms with van der Waals surface area (Å²) < 4.78 is 5.08. The lowest BCUT2D eigenvalue weighted by molar-refractivity contribution is 0.241. The lowest BCUT2D eigenvalue weighted by Crippen LogP contribution is -2.37. The highest BCUT2D eigenvalue weighted by Gasteiger charge is 2.18. The van der Waals surface area contributed by atoms with Crippen LogP contribution in [-0.4, -0.2) is 39.2 Å². The molecular weight excluding hydrogens is 151 g/mol. The molecule has 3 nitrogen and oxygen atoms in total. The van der Waals surface area contributed by atoms with E-state index in [-0.39, 0.29) is 0 Å². The van der Waals surface area contributed by atoms with E-state index >= 15 is 0 Å². The van der Waals surface area contributed by atoms with Gasteiger partial charge >= 0.3 is 7.62 Å². The van der Waals surface area contributed by atoms with E-state index in [1.165, 1.54) is 32.4 Å². The van der Waals surface area contributed by atoms with Gasteiger partial charge < -0.3 is 15.2 Å². The van der Waals surface area contributed by atoms with Crippen LogP contribution in [0.3, 0.4) is 0 Å². The van der Waals surface area contributed by atoms with E-state index in [4.69, 9.17) is 10.4 Å². The van der Waals surface area contributed by atoms with Gasteiger partial charge in [-0.1, -0.05) is 0 Å². The number of nitrogens with two attached hydrogens (primary N) is 1. The van der Waals surface area contributed by atoms with E-state index in [1.54, 1.807) is 7.11 Å². The van der Waals surface area contributed by atoms with Gasteiger partial charge in [0.05, 0.1) is 0 Å². The van der Waals surface area contributed by atoms with Gasteiger partial charge in [0.15, 0.2) is 0 Å². The maximum atomic E-state index is 5.51. The van der Waals surface area contributed by atoms with Crippen LogP contribution in [0.5, 0.6) is 0 Å². The second-order valence-electron chi connectivity index (χ2n) is 3.56. The number of piperidine rings is 1. The number of hydrogen-bond acceptors (Lipinski definition) is 3. The zero-order chi connectivity index (χ0) is 8.81. The molecule has 70 valence electrons. The van der Waals surface area contributed by atoms with Crippen molar-refractivity contribution in [2.75, 3.05) is 26.7 Å². The fourth-order valence-electron chi connectivity index (χ4n) is 1.82. The molecule has 12 heavy (non-hydrogen) atoms. The normalized spacial score (nSPS) is 21.2. The van der Waals surface area contributed by atoms with Gasteiger partial charge in [0.1, 0.15) is 0 Å². The molecule has 1 aliphatic heterocycles. The summed E-state index contributed by atoms with van der Waals surface area (Å²) in [5.41, 5.74) is 5.51. The lowest BCUT2D eigenvalue weighted by atomic mass is 9.91. The molecule has 1 heterocycles. The van der Waals surface area contributed by atoms with Gasteiger partial charge in [-0.15, -0.1) is 0 Å². The van der Waals surface area contributed by atoms with E-state index < -0.39 is 0 Å². The van der Waals surface area contributed by atoms with Crippen molar-refractivity contribution in [3.05, 3.63) is 0 Å². The van der Waals surface area contributed by atoms with Crippen LogP contribution in [0.1, 0.15) is 19.3 Å². The smallest absolute Gasteiger partial charge is 0.363 e. The molecule has 1 saturated heterocycles. The van der Waals surface area contributed by atoms with Crippen LogP contribution in [0.2, 0.25) is 0 Å². The van der Waals surface area contributed by atoms with Crippen LogP contribution in [0.4, 0.5) is 0 Å². The molecule has 0 atom stereocenters. The Morgan fingerprint density at radius 3 is 2.67 bits per heavy atom. The van der Waals surface area contributed by atoms with Crippen molar-refractivity contribution in [3.8, 4) is 0 Å². The van der Waals surface area contributed by atoms with Gasteiger partial charge in [-0.05, 0) is 44.8 Å². The molecule has 1 fully saturated rings. The molecule has 0 aromatic heterocycles. The van der Waals surface area contributed by atoms with Crippen LogP contribution < -0.4 is 5.73 Å². The van der Waals surface area contributed by atoms with E-state index in [1.807, 2.05) is 0 Å². The quantitative estimate of drug-likeness (QED) is 0.601. The van der Waals surface area contributed by atoms with Gasteiger partial charge in [0, 0.05) is 7.11 Å². The third-order valence-corrected chi connectivity index (χ3v) is 2.59. The molecule has 0 amide bonds. The van der Waals surface area contributed by atoms with Crippen molar-refractivity contribution in [1.29, 1.82) is 0 Å². The largest absolute Gasteiger partial charge is 0.427 e. The fraction of sp³-hybridized carbons (Fsp3) is 1.00. The molecule has 4 heteroatoms. The maximum absolute atomic E-state index is 5.51. The molecule has 0 aromatic carbocycles. The first-order valence-corrected chi connectivity index (χ1v) is 4.78. The Morgan fingerprint density at radius 2 is 2.17 bits per heavy atom. The first-order chi connectivity index (χ1) is 5.86. The highest BCUT2D eigenvalue weighted by atomic mass is 16.4. The Kier molecular flexibility index (Phi) is 4.65. The monoisotopic (exact) mass is 170 g/mol. The van der Waals surface area contributed by atoms with Crippen LogP contribution in [-0.2, 0) is 4.65 Å². The molecule has 0 aromatic rings. The number of rotatable bonds is 4. The zero-order valence-electron chi connectivity index (χ0n) is 7.96. The van der Waals surface area contributed by atoms with Crippen molar-refractivity contribution < 1.29 is 4.65 Å². The standard InChI is InChI=1S/C8H19BN2O/c1-12-9-11-6-3-8(2-5-10)4-7-11/h8-9H,2-7,10H2,1H3. The summed E-state index contributed by atoms with van der Waals surface area (Å²) in [6.45, 7) is 3.20. The molecule has 1 rings (SSSR count). The first-order valence-electron chi connectivity index (χ1n) is 4.78. The van der Waals surface area contributed by atoms with Crippen molar-refractivity contribution in [2.45, 2.75) is 19.3 Å². The van der Waals surface area contributed by atoms with E-state index in [0.717, 1.165) is 20.1 Å². The predicted molar refractivity (Wildman–Crippen MR) is 52.1 cm³/mol. The number of nitrogens with zero attached hydrogens (tertiary/aromatic N) is 1. The molecule has 2 N–H and O–H groups in total. The summed E-state index contributed by atoms with van der Waals surface area (Å²) in [5, 5.41) is 0. The molecule has 0 unspecified atom stereocenters. The van der Waals surface area contributed by atoms with Gasteiger partial charge in [0.2, 0.25) is 0 Å². The second kappa shape index (κ2) is 5.57. The summed E-state index contributed by atoms with van der Waals surface area (Å²) in [6, 6.07) is 0. The Bertz CT molecular complexity index is 102. The topological polar surface area (TPSA) is 38.5 Å². The second-order valence-corrected chi connectivity index (χ2v) is 3.56. The lowest BCUT2D eigenvalue weighted by Gasteiger charge is -2.30. The van der Waals surface area contributed by atoms with Crippen molar-refractivity contribution in [2.24, 2.45) is 11.7 Å². The van der Waals surface area contributed by atoms with Crippen LogP contribution in [0.15, 0.2) is 0 Å². The zero-order valence-corrected chi connectivity index (χ0v) is 7.96. The summed E-state index contributed by atoms with van der Waals surface area (Å²) in [7, 11) is 2.54. The molecule has 0 bridgehead atoms. The Labute approximate surface area is 75.5 Å². The van der Waals surface area contributed by atoms with Gasteiger partial charge in [0.25, 0.3) is 0 Å². The minimum absolute atomic E-state index is 0.787. The van der Waals surface area contributed by atoms with E-state index in [9.17, 15) is 0 Å². The van der Waals surface area contributed by atoms with Crippen molar-refractivity contribution >= 4 is 7.62 Å². The summed E-state index contributed by atoms with van der Waals surface area (Å²) in [6.07, 6.45) is 3.78. The average Bonchev–Trinajstić information content (AvgIpc) is 2.09. The molecule has 0 aliphatic carbocycles. The summed E-state index contributed by atoms with van der Waals surface area (Å²) >= 11 is 0. The Balaban J connectivity index is 2.11. The number of hydrogen-bond donors (Lipinski definition) is 1. The summed E-state index contributed by atoms with van der Waals surface area (Å²) in [5.74, 6) is 0.864. The predicted octanol–water partition coefficient (Wildman–Crippen LogP) is -0.0399. The van der Waals surface area contributed by atoms with Crippen molar-refractivity contribution in [3.63, 3.8) is 0 Å². The van der Waals surface area contributed by atoms with Crippen LogP contribution >= 0.6 is 0 Å². The van der Waals surface area contributed by atoms with E-state index in [2.05, 4.69) is 4.81 Å². The molecule has 0 spiro atoms. The minimum Gasteiger partial charge on any atom is -0.427 e. The highest BCUT2D eigenvalue weighted by Crippen LogP contribution is 2.18. The molecule has 0 saturated carbocycles. The molecule has 0 radical (unpaired) electrons. The highest BCUT2D eigenvalue weighted by molar-refractivity contribution is 6.23. The third kappa shape index (κ3) is 3.13. The van der Waals surface area contributed by atoms with Gasteiger partial charge in [-0.3, -0.25) is 0 Å². The SMILES string of the molecule is COBN1CCC(CCN)CC1. The van der Waals surface area contributed by atoms with E-state index in [0.29, 0.717) is 0 Å². The first kappa shape index (κ1) is 10.0. The van der Waals surface area contributed by atoms with Crippen LogP contribution in [0.25, 0.3) is 0 Å². The Morgan fingerprint density at radius 1 is 1.50 bits per heavy atom.